The maximum atomic E-state index is 12.9. The second-order valence-corrected chi connectivity index (χ2v) is 8.82. The Morgan fingerprint density at radius 1 is 1.17 bits per heavy atom. The first-order valence-electron chi connectivity index (χ1n) is 10.4. The van der Waals surface area contributed by atoms with E-state index in [0.29, 0.717) is 28.1 Å². The summed E-state index contributed by atoms with van der Waals surface area (Å²) in [5.41, 5.74) is 6.61. The summed E-state index contributed by atoms with van der Waals surface area (Å²) >= 11 is 6.13. The Labute approximate surface area is 177 Å². The van der Waals surface area contributed by atoms with Gasteiger partial charge in [0.25, 0.3) is 5.91 Å². The van der Waals surface area contributed by atoms with E-state index in [1.165, 1.54) is 39.6 Å². The van der Waals surface area contributed by atoms with Crippen LogP contribution in [0.3, 0.4) is 0 Å². The SMILES string of the molecule is COc1cc(N)c(Cl)cc1C(=O)N[C@@H]1CCN([C@@H]2CN3CCC2CC3)C[C@@H]1OC. The largest absolute Gasteiger partial charge is 0.496 e. The second-order valence-electron chi connectivity index (χ2n) is 8.42. The number of halogens is 1. The Morgan fingerprint density at radius 3 is 2.55 bits per heavy atom. The molecular formula is C21H31ClN4O3. The fraction of sp³-hybridized carbons (Fsp3) is 0.667. The molecule has 7 nitrogen and oxygen atoms in total. The summed E-state index contributed by atoms with van der Waals surface area (Å²) in [6.45, 7) is 5.47. The summed E-state index contributed by atoms with van der Waals surface area (Å²) in [4.78, 5) is 18.1. The van der Waals surface area contributed by atoms with E-state index in [2.05, 4.69) is 15.1 Å². The fourth-order valence-electron chi connectivity index (χ4n) is 5.15. The van der Waals surface area contributed by atoms with Crippen molar-refractivity contribution < 1.29 is 14.3 Å². The smallest absolute Gasteiger partial charge is 0.255 e. The van der Waals surface area contributed by atoms with Crippen LogP contribution in [0, 0.1) is 5.92 Å². The van der Waals surface area contributed by atoms with Crippen molar-refractivity contribution in [2.45, 2.75) is 37.5 Å². The molecule has 160 valence electrons. The van der Waals surface area contributed by atoms with E-state index in [4.69, 9.17) is 26.8 Å². The van der Waals surface area contributed by atoms with Crippen LogP contribution in [0.2, 0.25) is 5.02 Å². The fourth-order valence-corrected chi connectivity index (χ4v) is 5.32. The van der Waals surface area contributed by atoms with E-state index in [1.54, 1.807) is 19.2 Å². The molecule has 1 aromatic carbocycles. The van der Waals surface area contributed by atoms with Gasteiger partial charge in [0.1, 0.15) is 5.75 Å². The average molecular weight is 423 g/mol. The minimum absolute atomic E-state index is 0.0431. The van der Waals surface area contributed by atoms with Gasteiger partial charge >= 0.3 is 0 Å². The molecule has 4 heterocycles. The van der Waals surface area contributed by atoms with Gasteiger partial charge in [-0.05, 0) is 44.3 Å². The van der Waals surface area contributed by atoms with Crippen LogP contribution >= 0.6 is 11.6 Å². The van der Waals surface area contributed by atoms with Crippen LogP contribution in [-0.2, 0) is 4.74 Å². The van der Waals surface area contributed by atoms with Crippen molar-refractivity contribution in [3.63, 3.8) is 0 Å². The molecule has 0 spiro atoms. The number of benzene rings is 1. The van der Waals surface area contributed by atoms with E-state index in [-0.39, 0.29) is 18.1 Å². The highest BCUT2D eigenvalue weighted by atomic mass is 35.5. The predicted octanol–water partition coefficient (Wildman–Crippen LogP) is 1.84. The number of piperidine rings is 4. The first-order chi connectivity index (χ1) is 14.0. The Bertz CT molecular complexity index is 754. The summed E-state index contributed by atoms with van der Waals surface area (Å²) in [5.74, 6) is 1.000. The van der Waals surface area contributed by atoms with Crippen LogP contribution in [0.1, 0.15) is 29.6 Å². The molecule has 0 aromatic heterocycles. The molecular weight excluding hydrogens is 392 g/mol. The van der Waals surface area contributed by atoms with Crippen molar-refractivity contribution in [2.24, 2.45) is 5.92 Å². The molecule has 1 amide bonds. The van der Waals surface area contributed by atoms with Gasteiger partial charge in [-0.1, -0.05) is 11.6 Å². The van der Waals surface area contributed by atoms with E-state index in [9.17, 15) is 4.79 Å². The van der Waals surface area contributed by atoms with Gasteiger partial charge in [-0.15, -0.1) is 0 Å². The number of rotatable bonds is 5. The number of carbonyl (C=O) groups excluding carboxylic acids is 1. The van der Waals surface area contributed by atoms with Crippen molar-refractivity contribution in [3.8, 4) is 5.75 Å². The molecule has 4 fully saturated rings. The van der Waals surface area contributed by atoms with Gasteiger partial charge in [-0.2, -0.15) is 0 Å². The highest BCUT2D eigenvalue weighted by molar-refractivity contribution is 6.33. The Hall–Kier alpha value is -1.54. The minimum Gasteiger partial charge on any atom is -0.496 e. The van der Waals surface area contributed by atoms with Gasteiger partial charge in [0, 0.05) is 38.9 Å². The molecule has 3 N–H and O–H groups in total. The van der Waals surface area contributed by atoms with Crippen LogP contribution in [0.15, 0.2) is 12.1 Å². The molecule has 0 aliphatic carbocycles. The van der Waals surface area contributed by atoms with Crippen molar-refractivity contribution in [3.05, 3.63) is 22.7 Å². The number of carbonyl (C=O) groups is 1. The summed E-state index contributed by atoms with van der Waals surface area (Å²) in [7, 11) is 3.24. The van der Waals surface area contributed by atoms with Crippen LogP contribution in [0.5, 0.6) is 5.75 Å². The van der Waals surface area contributed by atoms with Crippen molar-refractivity contribution in [1.82, 2.24) is 15.1 Å². The lowest BCUT2D eigenvalue weighted by atomic mass is 9.82. The number of nitrogens with two attached hydrogens (primary N) is 1. The number of amides is 1. The Morgan fingerprint density at radius 2 is 1.93 bits per heavy atom. The van der Waals surface area contributed by atoms with E-state index in [0.717, 1.165) is 25.4 Å². The predicted molar refractivity (Wildman–Crippen MR) is 114 cm³/mol. The lowest BCUT2D eigenvalue weighted by Crippen LogP contribution is -2.63. The quantitative estimate of drug-likeness (QED) is 0.705. The number of methoxy groups -OCH3 is 2. The number of likely N-dealkylation sites (tertiary alicyclic amines) is 1. The third kappa shape index (κ3) is 4.19. The van der Waals surface area contributed by atoms with Crippen molar-refractivity contribution in [2.75, 3.05) is 52.7 Å². The molecule has 4 aliphatic heterocycles. The van der Waals surface area contributed by atoms with Gasteiger partial charge < -0.3 is 25.4 Å². The molecule has 1 aromatic rings. The number of nitrogens with zero attached hydrogens (tertiary/aromatic N) is 2. The summed E-state index contributed by atoms with van der Waals surface area (Å²) in [6.07, 6.45) is 3.42. The minimum atomic E-state index is -0.216. The van der Waals surface area contributed by atoms with Crippen molar-refractivity contribution >= 4 is 23.2 Å². The third-order valence-corrected chi connectivity index (χ3v) is 7.19. The molecule has 29 heavy (non-hydrogen) atoms. The number of fused-ring (bicyclic) bond motifs is 3. The number of hydrogen-bond acceptors (Lipinski definition) is 6. The monoisotopic (exact) mass is 422 g/mol. The Kier molecular flexibility index (Phi) is 6.20. The zero-order valence-corrected chi connectivity index (χ0v) is 18.0. The standard InChI is InChI=1S/C21H31ClN4O3/c1-28-19-10-16(23)15(22)9-14(19)21(27)24-17-5-8-26(12-20(17)29-2)18-11-25-6-3-13(18)4-7-25/h9-10,13,17-18,20H,3-8,11-12,23H2,1-2H3,(H,24,27)/t17-,18-,20+/m1/s1. The van der Waals surface area contributed by atoms with Gasteiger partial charge in [0.15, 0.2) is 0 Å². The highest BCUT2D eigenvalue weighted by Gasteiger charge is 2.41. The number of ether oxygens (including phenoxy) is 2. The number of anilines is 1. The molecule has 0 saturated carbocycles. The topological polar surface area (TPSA) is 80.1 Å². The zero-order valence-electron chi connectivity index (χ0n) is 17.2. The Balaban J connectivity index is 1.42. The number of nitrogen functional groups attached to an aromatic ring is 1. The summed E-state index contributed by atoms with van der Waals surface area (Å²) in [5, 5.41) is 3.48. The van der Waals surface area contributed by atoms with Crippen LogP contribution in [0.25, 0.3) is 0 Å². The van der Waals surface area contributed by atoms with E-state index < -0.39 is 0 Å². The molecule has 0 unspecified atom stereocenters. The molecule has 8 heteroatoms. The van der Waals surface area contributed by atoms with Gasteiger partial charge in [-0.25, -0.2) is 0 Å². The van der Waals surface area contributed by atoms with Gasteiger partial charge in [-0.3, -0.25) is 9.69 Å². The second kappa shape index (κ2) is 8.68. The first kappa shape index (κ1) is 20.7. The van der Waals surface area contributed by atoms with Gasteiger partial charge in [0.05, 0.1) is 35.5 Å². The normalized spacial score (nSPS) is 32.2. The summed E-state index contributed by atoms with van der Waals surface area (Å²) < 4.78 is 11.1. The molecule has 4 aliphatic rings. The zero-order chi connectivity index (χ0) is 20.5. The van der Waals surface area contributed by atoms with E-state index >= 15 is 0 Å². The first-order valence-corrected chi connectivity index (χ1v) is 10.8. The average Bonchev–Trinajstić information content (AvgIpc) is 2.76. The van der Waals surface area contributed by atoms with E-state index in [1.807, 2.05) is 0 Å². The molecule has 5 rings (SSSR count). The maximum absolute atomic E-state index is 12.9. The van der Waals surface area contributed by atoms with Crippen LogP contribution < -0.4 is 15.8 Å². The van der Waals surface area contributed by atoms with Crippen LogP contribution in [-0.4, -0.2) is 80.8 Å². The summed E-state index contributed by atoms with van der Waals surface area (Å²) in [6, 6.07) is 3.71. The highest BCUT2D eigenvalue weighted by Crippen LogP contribution is 2.33. The number of hydrogen-bond donors (Lipinski definition) is 2. The lowest BCUT2D eigenvalue weighted by Gasteiger charge is -2.51. The molecule has 0 radical (unpaired) electrons. The molecule has 4 saturated heterocycles. The van der Waals surface area contributed by atoms with Crippen molar-refractivity contribution in [1.29, 1.82) is 0 Å². The number of nitrogens with one attached hydrogen (secondary N) is 1. The maximum Gasteiger partial charge on any atom is 0.255 e. The molecule has 3 atom stereocenters. The van der Waals surface area contributed by atoms with Crippen LogP contribution in [0.4, 0.5) is 5.69 Å². The van der Waals surface area contributed by atoms with Gasteiger partial charge in [0.2, 0.25) is 0 Å². The molecule has 2 bridgehead atoms. The lowest BCUT2D eigenvalue weighted by molar-refractivity contribution is -0.0515. The third-order valence-electron chi connectivity index (χ3n) is 6.86.